The molecule has 4 nitrogen and oxygen atoms in total. The predicted molar refractivity (Wildman–Crippen MR) is 89.7 cm³/mol. The van der Waals surface area contributed by atoms with E-state index in [1.807, 2.05) is 30.3 Å². The van der Waals surface area contributed by atoms with Gasteiger partial charge in [-0.3, -0.25) is 9.59 Å². The lowest BCUT2D eigenvalue weighted by Gasteiger charge is -2.07. The number of carbonyl (C=O) groups excluding carboxylic acids is 1. The smallest absolute Gasteiger partial charge is 0.267 e. The summed E-state index contributed by atoms with van der Waals surface area (Å²) >= 11 is 5.81. The summed E-state index contributed by atoms with van der Waals surface area (Å²) < 4.78 is 1.18. The summed E-state index contributed by atoms with van der Waals surface area (Å²) in [7, 11) is 0. The Kier molecular flexibility index (Phi) is 4.35. The van der Waals surface area contributed by atoms with Crippen LogP contribution in [0.4, 0.5) is 0 Å². The molecule has 0 unspecified atom stereocenters. The average Bonchev–Trinajstić information content (AvgIpc) is 2.58. The van der Waals surface area contributed by atoms with Gasteiger partial charge >= 0.3 is 0 Å². The molecule has 0 N–H and O–H groups in total. The van der Waals surface area contributed by atoms with Gasteiger partial charge < -0.3 is 0 Å². The second-order valence-corrected chi connectivity index (χ2v) is 5.45. The molecule has 0 radical (unpaired) electrons. The number of rotatable bonds is 4. The van der Waals surface area contributed by atoms with Crippen LogP contribution in [0.2, 0.25) is 5.02 Å². The highest BCUT2D eigenvalue weighted by Crippen LogP contribution is 2.14. The van der Waals surface area contributed by atoms with Gasteiger partial charge in [0.15, 0.2) is 5.78 Å². The lowest BCUT2D eigenvalue weighted by atomic mass is 10.1. The molecule has 0 aliphatic heterocycles. The van der Waals surface area contributed by atoms with Gasteiger partial charge in [-0.1, -0.05) is 41.9 Å². The maximum atomic E-state index is 12.3. The molecule has 0 fully saturated rings. The lowest BCUT2D eigenvalue weighted by Crippen LogP contribution is -2.26. The molecule has 0 spiro atoms. The van der Waals surface area contributed by atoms with Crippen molar-refractivity contribution in [2.24, 2.45) is 0 Å². The monoisotopic (exact) mass is 324 g/mol. The van der Waals surface area contributed by atoms with Crippen molar-refractivity contribution in [1.29, 1.82) is 0 Å². The van der Waals surface area contributed by atoms with E-state index in [1.165, 1.54) is 10.7 Å². The molecule has 0 aliphatic carbocycles. The quantitative estimate of drug-likeness (QED) is 0.691. The minimum Gasteiger partial charge on any atom is -0.292 e. The average molecular weight is 325 g/mol. The normalized spacial score (nSPS) is 10.5. The van der Waals surface area contributed by atoms with Crippen LogP contribution in [0.3, 0.4) is 0 Å². The van der Waals surface area contributed by atoms with Crippen molar-refractivity contribution in [1.82, 2.24) is 9.78 Å². The maximum absolute atomic E-state index is 12.3. The van der Waals surface area contributed by atoms with Crippen molar-refractivity contribution >= 4 is 17.4 Å². The van der Waals surface area contributed by atoms with E-state index in [0.29, 0.717) is 16.3 Å². The Morgan fingerprint density at radius 2 is 1.65 bits per heavy atom. The van der Waals surface area contributed by atoms with E-state index in [4.69, 9.17) is 11.6 Å². The first kappa shape index (κ1) is 15.2. The van der Waals surface area contributed by atoms with E-state index < -0.39 is 0 Å². The fourth-order valence-electron chi connectivity index (χ4n) is 2.19. The molecule has 0 saturated carbocycles. The molecular weight excluding hydrogens is 312 g/mol. The Labute approximate surface area is 138 Å². The highest BCUT2D eigenvalue weighted by molar-refractivity contribution is 6.30. The molecular formula is C18H13ClN2O2. The Bertz CT molecular complexity index is 887. The maximum Gasteiger partial charge on any atom is 0.267 e. The Morgan fingerprint density at radius 3 is 2.35 bits per heavy atom. The predicted octanol–water partition coefficient (Wildman–Crippen LogP) is 3.45. The minimum absolute atomic E-state index is 0.110. The van der Waals surface area contributed by atoms with Crippen molar-refractivity contribution in [3.05, 3.63) is 87.7 Å². The van der Waals surface area contributed by atoms with Crippen molar-refractivity contribution in [2.45, 2.75) is 6.54 Å². The first-order chi connectivity index (χ1) is 11.1. The van der Waals surface area contributed by atoms with E-state index in [-0.39, 0.29) is 17.9 Å². The van der Waals surface area contributed by atoms with E-state index in [2.05, 4.69) is 5.10 Å². The fraction of sp³-hybridized carbons (Fsp3) is 0.0556. The summed E-state index contributed by atoms with van der Waals surface area (Å²) in [5, 5.41) is 4.84. The second kappa shape index (κ2) is 6.58. The van der Waals surface area contributed by atoms with Crippen LogP contribution < -0.4 is 5.56 Å². The molecule has 0 atom stereocenters. The molecule has 2 aromatic carbocycles. The zero-order valence-corrected chi connectivity index (χ0v) is 12.9. The third kappa shape index (κ3) is 3.55. The van der Waals surface area contributed by atoms with Gasteiger partial charge in [0.2, 0.25) is 0 Å². The van der Waals surface area contributed by atoms with Crippen LogP contribution in [0.5, 0.6) is 0 Å². The molecule has 114 valence electrons. The highest BCUT2D eigenvalue weighted by atomic mass is 35.5. The summed E-state index contributed by atoms with van der Waals surface area (Å²) in [6.07, 6.45) is 0. The van der Waals surface area contributed by atoms with Crippen LogP contribution in [-0.2, 0) is 6.54 Å². The molecule has 3 rings (SSSR count). The van der Waals surface area contributed by atoms with Gasteiger partial charge in [0.1, 0.15) is 6.54 Å². The van der Waals surface area contributed by atoms with Gasteiger partial charge in [0.25, 0.3) is 5.56 Å². The van der Waals surface area contributed by atoms with Crippen LogP contribution in [0.15, 0.2) is 71.5 Å². The second-order valence-electron chi connectivity index (χ2n) is 5.01. The number of carbonyl (C=O) groups is 1. The third-order valence-corrected chi connectivity index (χ3v) is 3.65. The number of aromatic nitrogens is 2. The van der Waals surface area contributed by atoms with E-state index >= 15 is 0 Å². The molecule has 1 aromatic heterocycles. The molecule has 0 amide bonds. The zero-order chi connectivity index (χ0) is 16.2. The molecule has 1 heterocycles. The highest BCUT2D eigenvalue weighted by Gasteiger charge is 2.10. The summed E-state index contributed by atoms with van der Waals surface area (Å²) in [5.41, 5.74) is 1.72. The van der Waals surface area contributed by atoms with Gasteiger partial charge in [0, 0.05) is 22.2 Å². The minimum atomic E-state index is -0.313. The van der Waals surface area contributed by atoms with Crippen LogP contribution in [0.25, 0.3) is 11.3 Å². The summed E-state index contributed by atoms with van der Waals surface area (Å²) in [5.74, 6) is -0.193. The number of ketones is 1. The first-order valence-electron chi connectivity index (χ1n) is 7.06. The summed E-state index contributed by atoms with van der Waals surface area (Å²) in [6.45, 7) is -0.110. The number of Topliss-reactive ketones (excluding diaryl/α,β-unsaturated/α-hetero) is 1. The molecule has 3 aromatic rings. The molecule has 0 aliphatic rings. The number of hydrogen-bond acceptors (Lipinski definition) is 3. The van der Waals surface area contributed by atoms with Crippen molar-refractivity contribution < 1.29 is 4.79 Å². The van der Waals surface area contributed by atoms with Crippen molar-refractivity contribution in [3.63, 3.8) is 0 Å². The SMILES string of the molecule is O=C(Cn1nc(-c2ccccc2)ccc1=O)c1ccc(Cl)cc1. The van der Waals surface area contributed by atoms with Crippen molar-refractivity contribution in [3.8, 4) is 11.3 Å². The molecule has 5 heteroatoms. The number of benzene rings is 2. The van der Waals surface area contributed by atoms with Crippen molar-refractivity contribution in [2.75, 3.05) is 0 Å². The summed E-state index contributed by atoms with van der Waals surface area (Å²) in [6, 6.07) is 19.1. The van der Waals surface area contributed by atoms with Gasteiger partial charge in [-0.05, 0) is 30.3 Å². The van der Waals surface area contributed by atoms with Crippen LogP contribution >= 0.6 is 11.6 Å². The molecule has 0 saturated heterocycles. The van der Waals surface area contributed by atoms with E-state index in [1.54, 1.807) is 30.3 Å². The Hall–Kier alpha value is -2.72. The van der Waals surface area contributed by atoms with E-state index in [9.17, 15) is 9.59 Å². The topological polar surface area (TPSA) is 52.0 Å². The molecule has 0 bridgehead atoms. The van der Waals surface area contributed by atoms with Gasteiger partial charge in [-0.2, -0.15) is 5.10 Å². The molecule has 23 heavy (non-hydrogen) atoms. The lowest BCUT2D eigenvalue weighted by molar-refractivity contribution is 0.0966. The largest absolute Gasteiger partial charge is 0.292 e. The third-order valence-electron chi connectivity index (χ3n) is 3.40. The van der Waals surface area contributed by atoms with Crippen LogP contribution in [0.1, 0.15) is 10.4 Å². The van der Waals surface area contributed by atoms with Gasteiger partial charge in [-0.25, -0.2) is 4.68 Å². The fourth-order valence-corrected chi connectivity index (χ4v) is 2.31. The van der Waals surface area contributed by atoms with E-state index in [0.717, 1.165) is 5.56 Å². The van der Waals surface area contributed by atoms with Gasteiger partial charge in [0.05, 0.1) is 5.69 Å². The van der Waals surface area contributed by atoms with Gasteiger partial charge in [-0.15, -0.1) is 0 Å². The first-order valence-corrected chi connectivity index (χ1v) is 7.43. The number of halogens is 1. The Morgan fingerprint density at radius 1 is 0.957 bits per heavy atom. The standard InChI is InChI=1S/C18H13ClN2O2/c19-15-8-6-14(7-9-15)17(22)12-21-18(23)11-10-16(20-21)13-4-2-1-3-5-13/h1-11H,12H2. The number of nitrogens with zero attached hydrogens (tertiary/aromatic N) is 2. The Balaban J connectivity index is 1.89. The summed E-state index contributed by atoms with van der Waals surface area (Å²) in [4.78, 5) is 24.2. The number of hydrogen-bond donors (Lipinski definition) is 0. The zero-order valence-electron chi connectivity index (χ0n) is 12.1. The van der Waals surface area contributed by atoms with Crippen LogP contribution in [-0.4, -0.2) is 15.6 Å². The van der Waals surface area contributed by atoms with Crippen LogP contribution in [0, 0.1) is 0 Å².